The average molecular weight is 366 g/mol. The van der Waals surface area contributed by atoms with Crippen LogP contribution >= 0.6 is 0 Å². The van der Waals surface area contributed by atoms with E-state index >= 15 is 0 Å². The van der Waals surface area contributed by atoms with Crippen molar-refractivity contribution in [2.45, 2.75) is 50.9 Å². The lowest BCUT2D eigenvalue weighted by atomic mass is 9.95. The lowest BCUT2D eigenvalue weighted by molar-refractivity contribution is -0.133. The highest BCUT2D eigenvalue weighted by atomic mass is 16.2. The molecule has 27 heavy (non-hydrogen) atoms. The summed E-state index contributed by atoms with van der Waals surface area (Å²) in [6.45, 7) is 1.46. The van der Waals surface area contributed by atoms with E-state index in [1.807, 2.05) is 17.0 Å². The fourth-order valence-corrected chi connectivity index (χ4v) is 4.36. The average Bonchev–Trinajstić information content (AvgIpc) is 3.21. The molecule has 0 radical (unpaired) electrons. The van der Waals surface area contributed by atoms with Crippen molar-refractivity contribution in [3.63, 3.8) is 0 Å². The molecule has 3 heterocycles. The van der Waals surface area contributed by atoms with Crippen molar-refractivity contribution in [3.05, 3.63) is 46.8 Å². The molecule has 1 atom stereocenters. The first-order chi connectivity index (χ1) is 13.2. The molecule has 6 nitrogen and oxygen atoms in total. The number of hydrogen-bond acceptors (Lipinski definition) is 4. The van der Waals surface area contributed by atoms with E-state index in [0.29, 0.717) is 30.4 Å². The molecule has 1 aliphatic carbocycles. The second kappa shape index (κ2) is 8.03. The number of aromatic amines is 1. The molecule has 0 spiro atoms. The Morgan fingerprint density at radius 1 is 1.15 bits per heavy atom. The van der Waals surface area contributed by atoms with Gasteiger partial charge in [-0.2, -0.15) is 0 Å². The quantitative estimate of drug-likeness (QED) is 0.902. The van der Waals surface area contributed by atoms with E-state index in [4.69, 9.17) is 4.98 Å². The molecule has 1 aliphatic heterocycles. The minimum atomic E-state index is -0.152. The number of H-pyrrole nitrogens is 1. The van der Waals surface area contributed by atoms with Gasteiger partial charge in [0.25, 0.3) is 5.56 Å². The molecule has 0 aromatic carbocycles. The lowest BCUT2D eigenvalue weighted by Gasteiger charge is -2.33. The van der Waals surface area contributed by atoms with Crippen molar-refractivity contribution in [1.82, 2.24) is 19.9 Å². The molecule has 1 N–H and O–H groups in total. The van der Waals surface area contributed by atoms with Crippen LogP contribution in [0.2, 0.25) is 0 Å². The van der Waals surface area contributed by atoms with Gasteiger partial charge in [0.05, 0.1) is 5.69 Å². The number of carbonyl (C=O) groups is 1. The van der Waals surface area contributed by atoms with Crippen LogP contribution in [0.4, 0.5) is 0 Å². The Morgan fingerprint density at radius 3 is 2.70 bits per heavy atom. The molecule has 142 valence electrons. The summed E-state index contributed by atoms with van der Waals surface area (Å²) in [5, 5.41) is 0. The van der Waals surface area contributed by atoms with E-state index in [0.717, 1.165) is 24.9 Å². The number of nitrogens with zero attached hydrogens (tertiary/aromatic N) is 3. The molecule has 6 heteroatoms. The zero-order chi connectivity index (χ0) is 18.6. The highest BCUT2D eigenvalue weighted by molar-refractivity contribution is 5.76. The minimum Gasteiger partial charge on any atom is -0.342 e. The third-order valence-electron chi connectivity index (χ3n) is 5.83. The molecule has 4 rings (SSSR count). The van der Waals surface area contributed by atoms with E-state index in [2.05, 4.69) is 9.97 Å². The third kappa shape index (κ3) is 4.26. The topological polar surface area (TPSA) is 79.0 Å². The van der Waals surface area contributed by atoms with Gasteiger partial charge in [0.2, 0.25) is 5.91 Å². The maximum Gasteiger partial charge on any atom is 0.251 e. The van der Waals surface area contributed by atoms with Gasteiger partial charge in [0.15, 0.2) is 0 Å². The van der Waals surface area contributed by atoms with Gasteiger partial charge in [0.1, 0.15) is 5.82 Å². The molecule has 1 amide bonds. The zero-order valence-electron chi connectivity index (χ0n) is 15.6. The minimum absolute atomic E-state index is 0.0840. The summed E-state index contributed by atoms with van der Waals surface area (Å²) < 4.78 is 0. The lowest BCUT2D eigenvalue weighted by Crippen LogP contribution is -2.40. The van der Waals surface area contributed by atoms with Crippen molar-refractivity contribution in [3.8, 4) is 11.3 Å². The summed E-state index contributed by atoms with van der Waals surface area (Å²) >= 11 is 0. The summed E-state index contributed by atoms with van der Waals surface area (Å²) in [6, 6.07) is 5.22. The van der Waals surface area contributed by atoms with E-state index in [1.165, 1.54) is 31.7 Å². The van der Waals surface area contributed by atoms with E-state index in [1.54, 1.807) is 12.4 Å². The van der Waals surface area contributed by atoms with Gasteiger partial charge in [-0.25, -0.2) is 4.98 Å². The van der Waals surface area contributed by atoms with Crippen LogP contribution in [0.1, 0.15) is 56.7 Å². The fourth-order valence-electron chi connectivity index (χ4n) is 4.36. The number of hydrogen-bond donors (Lipinski definition) is 1. The van der Waals surface area contributed by atoms with Crippen LogP contribution in [0.25, 0.3) is 11.3 Å². The van der Waals surface area contributed by atoms with E-state index in [9.17, 15) is 9.59 Å². The highest BCUT2D eigenvalue weighted by Gasteiger charge is 2.28. The number of rotatable bonds is 4. The van der Waals surface area contributed by atoms with Crippen LogP contribution in [0.15, 0.2) is 35.4 Å². The summed E-state index contributed by atoms with van der Waals surface area (Å²) in [5.74, 6) is 1.60. The first-order valence-electron chi connectivity index (χ1n) is 9.98. The maximum absolute atomic E-state index is 12.7. The molecule has 0 unspecified atom stereocenters. The predicted molar refractivity (Wildman–Crippen MR) is 103 cm³/mol. The Morgan fingerprint density at radius 2 is 1.93 bits per heavy atom. The normalized spacial score (nSPS) is 20.7. The van der Waals surface area contributed by atoms with Crippen molar-refractivity contribution >= 4 is 5.91 Å². The fraction of sp³-hybridized carbons (Fsp3) is 0.524. The summed E-state index contributed by atoms with van der Waals surface area (Å²) in [7, 11) is 0. The largest absolute Gasteiger partial charge is 0.342 e. The second-order valence-corrected chi connectivity index (χ2v) is 7.79. The number of pyridine rings is 1. The SMILES string of the molecule is O=C(CC1CCCC1)N1CCC[C@@H](c2nc(-c3ccncc3)cc(=O)[nH]2)C1. The first kappa shape index (κ1) is 17.9. The maximum atomic E-state index is 12.7. The number of nitrogens with one attached hydrogen (secondary N) is 1. The molecule has 2 aromatic rings. The standard InChI is InChI=1S/C21H26N4O2/c26-19-13-18(16-7-9-22-10-8-16)23-21(24-19)17-6-3-11-25(14-17)20(27)12-15-4-1-2-5-15/h7-10,13,15,17H,1-6,11-12,14H2,(H,23,24,26)/t17-/m1/s1. The monoisotopic (exact) mass is 366 g/mol. The third-order valence-corrected chi connectivity index (χ3v) is 5.83. The van der Waals surface area contributed by atoms with Crippen LogP contribution in [0.5, 0.6) is 0 Å². The molecule has 2 aromatic heterocycles. The van der Waals surface area contributed by atoms with E-state index < -0.39 is 0 Å². The number of aromatic nitrogens is 3. The van der Waals surface area contributed by atoms with Crippen molar-refractivity contribution in [1.29, 1.82) is 0 Å². The van der Waals surface area contributed by atoms with Crippen LogP contribution < -0.4 is 5.56 Å². The van der Waals surface area contributed by atoms with Crippen molar-refractivity contribution in [2.75, 3.05) is 13.1 Å². The molecule has 2 fully saturated rings. The van der Waals surface area contributed by atoms with Crippen LogP contribution in [0, 0.1) is 5.92 Å². The molecule has 1 saturated carbocycles. The Bertz CT molecular complexity index is 843. The van der Waals surface area contributed by atoms with Gasteiger partial charge < -0.3 is 9.88 Å². The van der Waals surface area contributed by atoms with Gasteiger partial charge in [-0.15, -0.1) is 0 Å². The molecule has 2 aliphatic rings. The number of amides is 1. The van der Waals surface area contributed by atoms with E-state index in [-0.39, 0.29) is 17.4 Å². The van der Waals surface area contributed by atoms with Crippen molar-refractivity contribution in [2.24, 2.45) is 5.92 Å². The molecular formula is C21H26N4O2. The Hall–Kier alpha value is -2.50. The van der Waals surface area contributed by atoms with Crippen LogP contribution in [0.3, 0.4) is 0 Å². The van der Waals surface area contributed by atoms with Gasteiger partial charge >= 0.3 is 0 Å². The summed E-state index contributed by atoms with van der Waals surface area (Å²) in [6.07, 6.45) is 10.8. The smallest absolute Gasteiger partial charge is 0.251 e. The predicted octanol–water partition coefficient (Wildman–Crippen LogP) is 3.12. The van der Waals surface area contributed by atoms with Crippen molar-refractivity contribution < 1.29 is 4.79 Å². The molecule has 1 saturated heterocycles. The van der Waals surface area contributed by atoms with Gasteiger partial charge in [-0.05, 0) is 43.7 Å². The van der Waals surface area contributed by atoms with Gasteiger partial charge in [-0.1, -0.05) is 12.8 Å². The van der Waals surface area contributed by atoms with Crippen LogP contribution in [-0.4, -0.2) is 38.8 Å². The second-order valence-electron chi connectivity index (χ2n) is 7.79. The number of piperidine rings is 1. The highest BCUT2D eigenvalue weighted by Crippen LogP contribution is 2.30. The van der Waals surface area contributed by atoms with Gasteiger partial charge in [0, 0.05) is 49.5 Å². The Kier molecular flexibility index (Phi) is 5.32. The zero-order valence-corrected chi connectivity index (χ0v) is 15.6. The first-order valence-corrected chi connectivity index (χ1v) is 9.98. The number of carbonyl (C=O) groups excluding carboxylic acids is 1. The number of likely N-dealkylation sites (tertiary alicyclic amines) is 1. The summed E-state index contributed by atoms with van der Waals surface area (Å²) in [4.78, 5) is 38.5. The van der Waals surface area contributed by atoms with Gasteiger partial charge in [-0.3, -0.25) is 14.6 Å². The van der Waals surface area contributed by atoms with Crippen LogP contribution in [-0.2, 0) is 4.79 Å². The summed E-state index contributed by atoms with van der Waals surface area (Å²) in [5.41, 5.74) is 1.38. The molecular weight excluding hydrogens is 340 g/mol. The Balaban J connectivity index is 1.50. The molecule has 0 bridgehead atoms. The Labute approximate surface area is 159 Å².